The molecule has 1 N–H and O–H groups in total. The third-order valence-electron chi connectivity index (χ3n) is 1.31. The van der Waals surface area contributed by atoms with Crippen LogP contribution in [0.15, 0.2) is 12.8 Å². The minimum absolute atomic E-state index is 0.140. The predicted molar refractivity (Wildman–Crippen MR) is 80.0 cm³/mol. The molecule has 1 aliphatic heterocycles. The topological polar surface area (TPSA) is 135 Å². The zero-order chi connectivity index (χ0) is 17.9. The molecule has 0 aliphatic carbocycles. The van der Waals surface area contributed by atoms with Crippen molar-refractivity contribution in [1.29, 1.82) is 0 Å². The molecule has 1 rings (SSSR count). The Labute approximate surface area is 130 Å². The maximum atomic E-state index is 10.7. The van der Waals surface area contributed by atoms with Gasteiger partial charge in [0, 0.05) is 19.6 Å². The lowest BCUT2D eigenvalue weighted by atomic mass is 10.8. The van der Waals surface area contributed by atoms with Crippen molar-refractivity contribution in [3.05, 3.63) is 12.8 Å². The molecule has 0 amide bonds. The Morgan fingerprint density at radius 1 is 1.36 bits per heavy atom. The van der Waals surface area contributed by atoms with Crippen molar-refractivity contribution < 1.29 is 45.1 Å². The summed E-state index contributed by atoms with van der Waals surface area (Å²) in [4.78, 5) is 8.55. The minimum Gasteiger partial charge on any atom is -0.413 e. The molecule has 0 spiro atoms. The van der Waals surface area contributed by atoms with E-state index in [0.29, 0.717) is 13.2 Å². The van der Waals surface area contributed by atoms with E-state index >= 15 is 0 Å². The van der Waals surface area contributed by atoms with E-state index in [1.165, 1.54) is 7.11 Å². The van der Waals surface area contributed by atoms with Crippen LogP contribution >= 0.6 is 15.6 Å². The minimum atomic E-state index is -3.81. The van der Waals surface area contributed by atoms with Crippen LogP contribution in [0.2, 0.25) is 0 Å². The van der Waals surface area contributed by atoms with Gasteiger partial charge in [-0.2, -0.15) is 0 Å². The van der Waals surface area contributed by atoms with Crippen LogP contribution in [0.1, 0.15) is 6.92 Å². The van der Waals surface area contributed by atoms with Gasteiger partial charge in [-0.3, -0.25) is 23.0 Å². The maximum Gasteiger partial charge on any atom is 0.526 e. The summed E-state index contributed by atoms with van der Waals surface area (Å²) in [5, 5.41) is 0. The van der Waals surface area contributed by atoms with Gasteiger partial charge in [0.15, 0.2) is 0 Å². The predicted octanol–water partition coefficient (Wildman–Crippen LogP) is 1.73. The van der Waals surface area contributed by atoms with E-state index in [1.54, 1.807) is 6.92 Å². The van der Waals surface area contributed by atoms with Crippen molar-refractivity contribution in [3.63, 3.8) is 0 Å². The Bertz CT molecular complexity index is 485. The Kier molecular flexibility index (Phi) is 12.3. The van der Waals surface area contributed by atoms with Gasteiger partial charge in [0.25, 0.3) is 0 Å². The van der Waals surface area contributed by atoms with Crippen LogP contribution < -0.4 is 0 Å². The smallest absolute Gasteiger partial charge is 0.413 e. The molecule has 0 saturated carbocycles. The normalized spacial score (nSPS) is 18.8. The fraction of sp³-hybridized carbons (Fsp3) is 0.778. The second-order valence-electron chi connectivity index (χ2n) is 3.60. The van der Waals surface area contributed by atoms with Gasteiger partial charge in [-0.25, -0.2) is 17.5 Å². The number of hydrogen-bond donors (Lipinski definition) is 1. The molecule has 1 atom stereocenters. The summed E-state index contributed by atoms with van der Waals surface area (Å²) in [6.45, 7) is 5.56. The zero-order valence-electron chi connectivity index (χ0n) is 12.8. The number of hydrogen-bond acceptors (Lipinski definition) is 9. The summed E-state index contributed by atoms with van der Waals surface area (Å²) in [5.74, 6) is 0. The Morgan fingerprint density at radius 3 is 2.00 bits per heavy atom. The molecular formula is C9H22O10P2S. The Hall–Kier alpha value is -0.250. The molecule has 1 fully saturated rings. The van der Waals surface area contributed by atoms with Crippen LogP contribution in [-0.4, -0.2) is 52.8 Å². The first-order chi connectivity index (χ1) is 9.89. The summed E-state index contributed by atoms with van der Waals surface area (Å²) in [7, 11) is -8.23. The lowest BCUT2D eigenvalue weighted by molar-refractivity contribution is 0.196. The van der Waals surface area contributed by atoms with Crippen LogP contribution in [0.5, 0.6) is 0 Å². The molecule has 13 heteroatoms. The van der Waals surface area contributed by atoms with Crippen molar-refractivity contribution in [2.45, 2.75) is 6.92 Å². The molecule has 1 unspecified atom stereocenters. The Balaban J connectivity index is 0. The van der Waals surface area contributed by atoms with E-state index in [9.17, 15) is 17.5 Å². The SMILES string of the molecule is C=COP(=O)(O)OCC.COP1(=O)OCCO1.CS(C)(=O)=O. The van der Waals surface area contributed by atoms with Gasteiger partial charge >= 0.3 is 15.6 Å². The molecule has 1 saturated heterocycles. The molecule has 0 aromatic carbocycles. The van der Waals surface area contributed by atoms with Gasteiger partial charge in [-0.15, -0.1) is 0 Å². The first-order valence-electron chi connectivity index (χ1n) is 5.75. The van der Waals surface area contributed by atoms with Crippen LogP contribution in [0.25, 0.3) is 0 Å². The molecule has 22 heavy (non-hydrogen) atoms. The fourth-order valence-corrected chi connectivity index (χ4v) is 2.19. The molecule has 0 bridgehead atoms. The highest BCUT2D eigenvalue weighted by molar-refractivity contribution is 7.89. The molecule has 0 aromatic rings. The molecular weight excluding hydrogens is 362 g/mol. The van der Waals surface area contributed by atoms with E-state index in [0.717, 1.165) is 18.8 Å². The number of sulfone groups is 1. The van der Waals surface area contributed by atoms with Crippen LogP contribution in [0, 0.1) is 0 Å². The fourth-order valence-electron chi connectivity index (χ4n) is 0.729. The van der Waals surface area contributed by atoms with Gasteiger partial charge in [0.05, 0.1) is 26.1 Å². The highest BCUT2D eigenvalue weighted by Gasteiger charge is 2.29. The highest BCUT2D eigenvalue weighted by atomic mass is 32.2. The summed E-state index contributed by atoms with van der Waals surface area (Å²) >= 11 is 0. The Morgan fingerprint density at radius 2 is 1.77 bits per heavy atom. The molecule has 0 aromatic heterocycles. The highest BCUT2D eigenvalue weighted by Crippen LogP contribution is 2.51. The monoisotopic (exact) mass is 384 g/mol. The van der Waals surface area contributed by atoms with Crippen LogP contribution in [0.4, 0.5) is 0 Å². The summed E-state index contributed by atoms with van der Waals surface area (Å²) in [5.41, 5.74) is 0. The molecule has 1 heterocycles. The third-order valence-corrected chi connectivity index (χ3v) is 3.75. The van der Waals surface area contributed by atoms with Gasteiger partial charge in [-0.05, 0) is 6.92 Å². The van der Waals surface area contributed by atoms with E-state index < -0.39 is 25.5 Å². The van der Waals surface area contributed by atoms with Crippen molar-refractivity contribution in [2.75, 3.05) is 39.4 Å². The second-order valence-corrected chi connectivity index (χ2v) is 9.07. The van der Waals surface area contributed by atoms with E-state index in [1.807, 2.05) is 0 Å². The van der Waals surface area contributed by atoms with Crippen molar-refractivity contribution in [2.24, 2.45) is 0 Å². The average molecular weight is 384 g/mol. The standard InChI is InChI=1S/C4H9O4P.C3H7O4P.C2H6O2S/c1-3-7-9(5,6)8-4-2;1-5-8(4)6-2-3-7-8;1-5(2,3)4/h3H,1,4H2,2H3,(H,5,6);2-3H2,1H3;1-2H3. The first kappa shape index (κ1) is 24.0. The van der Waals surface area contributed by atoms with Crippen molar-refractivity contribution in [1.82, 2.24) is 0 Å². The molecule has 134 valence electrons. The van der Waals surface area contributed by atoms with Gasteiger partial charge in [0.1, 0.15) is 9.84 Å². The number of phosphoric ester groups is 2. The van der Waals surface area contributed by atoms with Crippen LogP contribution in [0.3, 0.4) is 0 Å². The first-order valence-corrected chi connectivity index (χ1v) is 11.0. The molecule has 0 radical (unpaired) electrons. The summed E-state index contributed by atoms with van der Waals surface area (Å²) < 4.78 is 62.5. The lowest BCUT2D eigenvalue weighted by Gasteiger charge is -2.06. The molecule has 1 aliphatic rings. The van der Waals surface area contributed by atoms with E-state index in [-0.39, 0.29) is 6.61 Å². The van der Waals surface area contributed by atoms with Gasteiger partial charge in [0.2, 0.25) is 0 Å². The number of phosphoric acid groups is 2. The van der Waals surface area contributed by atoms with Gasteiger partial charge < -0.3 is 4.52 Å². The average Bonchev–Trinajstić information content (AvgIpc) is 2.75. The summed E-state index contributed by atoms with van der Waals surface area (Å²) in [6.07, 6.45) is 3.19. The van der Waals surface area contributed by atoms with E-state index in [4.69, 9.17) is 4.89 Å². The third kappa shape index (κ3) is 17.8. The van der Waals surface area contributed by atoms with Crippen molar-refractivity contribution >= 4 is 25.5 Å². The maximum absolute atomic E-state index is 10.7. The summed E-state index contributed by atoms with van der Waals surface area (Å²) in [6, 6.07) is 0. The van der Waals surface area contributed by atoms with E-state index in [2.05, 4.69) is 29.2 Å². The lowest BCUT2D eigenvalue weighted by Crippen LogP contribution is -1.88. The van der Waals surface area contributed by atoms with Crippen LogP contribution in [-0.2, 0) is 41.6 Å². The molecule has 10 nitrogen and oxygen atoms in total. The van der Waals surface area contributed by atoms with Gasteiger partial charge in [-0.1, -0.05) is 6.58 Å². The second kappa shape index (κ2) is 11.3. The quantitative estimate of drug-likeness (QED) is 0.551. The largest absolute Gasteiger partial charge is 0.526 e. The van der Waals surface area contributed by atoms with Crippen molar-refractivity contribution in [3.8, 4) is 0 Å². The number of rotatable bonds is 5. The zero-order valence-corrected chi connectivity index (χ0v) is 15.4.